The fourth-order valence-corrected chi connectivity index (χ4v) is 3.84. The second-order valence-electron chi connectivity index (χ2n) is 8.69. The third-order valence-corrected chi connectivity index (χ3v) is 5.18. The molecule has 160 valence electrons. The largest absolute Gasteiger partial charge is 0.444 e. The van der Waals surface area contributed by atoms with Gasteiger partial charge in [-0.2, -0.15) is 13.2 Å². The van der Waals surface area contributed by atoms with E-state index in [1.807, 2.05) is 0 Å². The highest BCUT2D eigenvalue weighted by molar-refractivity contribution is 5.79. The standard InChI is InChI=1S/C20H26F3N3O3/c1-19(2,3)29-18(28)25-15-5-4-12(9-15)17(27)26-7-6-16-13(11-26)8-14(10-24-16)20(21,22)23/h8,10,12,15H,4-7,9,11H2,1-3H3,(H,25,28). The number of aromatic nitrogens is 1. The number of hydrogen-bond acceptors (Lipinski definition) is 4. The number of carbonyl (C=O) groups is 2. The number of rotatable bonds is 2. The molecule has 2 amide bonds. The molecule has 1 N–H and O–H groups in total. The summed E-state index contributed by atoms with van der Waals surface area (Å²) in [6.45, 7) is 5.90. The summed E-state index contributed by atoms with van der Waals surface area (Å²) < 4.78 is 44.1. The predicted octanol–water partition coefficient (Wildman–Crippen LogP) is 3.68. The lowest BCUT2D eigenvalue weighted by molar-refractivity contribution is -0.138. The number of amides is 2. The van der Waals surface area contributed by atoms with E-state index in [0.29, 0.717) is 43.5 Å². The molecule has 1 aliphatic heterocycles. The molecule has 1 aromatic heterocycles. The van der Waals surface area contributed by atoms with Gasteiger partial charge < -0.3 is 15.0 Å². The Bertz CT molecular complexity index is 789. The molecule has 0 radical (unpaired) electrons. The minimum atomic E-state index is -4.46. The molecule has 1 saturated carbocycles. The van der Waals surface area contributed by atoms with Gasteiger partial charge >= 0.3 is 12.3 Å². The molecule has 29 heavy (non-hydrogen) atoms. The summed E-state index contributed by atoms with van der Waals surface area (Å²) in [7, 11) is 0. The molecule has 3 rings (SSSR count). The number of halogens is 3. The zero-order chi connectivity index (χ0) is 21.4. The maximum absolute atomic E-state index is 12.9. The van der Waals surface area contributed by atoms with Crippen LogP contribution in [0.1, 0.15) is 56.9 Å². The van der Waals surface area contributed by atoms with Gasteiger partial charge in [0.1, 0.15) is 5.60 Å². The molecule has 1 aliphatic carbocycles. The lowest BCUT2D eigenvalue weighted by Gasteiger charge is -2.31. The molecular weight excluding hydrogens is 387 g/mol. The molecule has 0 bridgehead atoms. The number of nitrogens with one attached hydrogen (secondary N) is 1. The topological polar surface area (TPSA) is 71.5 Å². The van der Waals surface area contributed by atoms with E-state index in [1.54, 1.807) is 25.7 Å². The van der Waals surface area contributed by atoms with Crippen molar-refractivity contribution < 1.29 is 27.5 Å². The van der Waals surface area contributed by atoms with Crippen LogP contribution in [0.5, 0.6) is 0 Å². The first-order valence-corrected chi connectivity index (χ1v) is 9.75. The maximum atomic E-state index is 12.9. The van der Waals surface area contributed by atoms with E-state index >= 15 is 0 Å². The molecular formula is C20H26F3N3O3. The smallest absolute Gasteiger partial charge is 0.417 e. The minimum Gasteiger partial charge on any atom is -0.444 e. The normalized spacial score (nSPS) is 22.2. The van der Waals surface area contributed by atoms with Crippen molar-refractivity contribution in [2.75, 3.05) is 6.54 Å². The average Bonchev–Trinajstić information content (AvgIpc) is 3.06. The van der Waals surface area contributed by atoms with E-state index in [2.05, 4.69) is 10.3 Å². The van der Waals surface area contributed by atoms with Crippen LogP contribution in [0.3, 0.4) is 0 Å². The summed E-state index contributed by atoms with van der Waals surface area (Å²) in [4.78, 5) is 30.3. The van der Waals surface area contributed by atoms with Gasteiger partial charge in [0.05, 0.1) is 5.56 Å². The van der Waals surface area contributed by atoms with Crippen LogP contribution in [-0.2, 0) is 28.7 Å². The van der Waals surface area contributed by atoms with E-state index in [9.17, 15) is 22.8 Å². The van der Waals surface area contributed by atoms with Gasteiger partial charge in [0.2, 0.25) is 5.91 Å². The highest BCUT2D eigenvalue weighted by Gasteiger charge is 2.36. The van der Waals surface area contributed by atoms with E-state index in [4.69, 9.17) is 4.74 Å². The second-order valence-corrected chi connectivity index (χ2v) is 8.69. The van der Waals surface area contributed by atoms with Gasteiger partial charge in [0, 0.05) is 43.4 Å². The van der Waals surface area contributed by atoms with Crippen LogP contribution in [0, 0.1) is 5.92 Å². The van der Waals surface area contributed by atoms with Crippen molar-refractivity contribution in [3.05, 3.63) is 29.1 Å². The van der Waals surface area contributed by atoms with Crippen molar-refractivity contribution in [2.24, 2.45) is 5.92 Å². The molecule has 2 heterocycles. The zero-order valence-electron chi connectivity index (χ0n) is 16.8. The van der Waals surface area contributed by atoms with E-state index < -0.39 is 23.4 Å². The van der Waals surface area contributed by atoms with Gasteiger partial charge in [-0.05, 0) is 51.7 Å². The van der Waals surface area contributed by atoms with Crippen LogP contribution in [0.25, 0.3) is 0 Å². The lowest BCUT2D eigenvalue weighted by atomic mass is 10.00. The fourth-order valence-electron chi connectivity index (χ4n) is 3.84. The van der Waals surface area contributed by atoms with Crippen molar-refractivity contribution >= 4 is 12.0 Å². The average molecular weight is 413 g/mol. The van der Waals surface area contributed by atoms with Crippen LogP contribution < -0.4 is 5.32 Å². The molecule has 9 heteroatoms. The fraction of sp³-hybridized carbons (Fsp3) is 0.650. The summed E-state index contributed by atoms with van der Waals surface area (Å²) in [6.07, 6.45) is -1.88. The zero-order valence-corrected chi connectivity index (χ0v) is 16.8. The summed E-state index contributed by atoms with van der Waals surface area (Å²) in [5, 5.41) is 2.80. The number of carbonyl (C=O) groups excluding carboxylic acids is 2. The first-order valence-electron chi connectivity index (χ1n) is 9.75. The predicted molar refractivity (Wildman–Crippen MR) is 98.9 cm³/mol. The number of alkyl carbamates (subject to hydrolysis) is 1. The quantitative estimate of drug-likeness (QED) is 0.803. The number of nitrogens with zero attached hydrogens (tertiary/aromatic N) is 2. The number of hydrogen-bond donors (Lipinski definition) is 1. The van der Waals surface area contributed by atoms with Gasteiger partial charge in [-0.1, -0.05) is 0 Å². The third-order valence-electron chi connectivity index (χ3n) is 5.18. The Morgan fingerprint density at radius 3 is 2.62 bits per heavy atom. The van der Waals surface area contributed by atoms with Gasteiger partial charge in [-0.15, -0.1) is 0 Å². The molecule has 6 nitrogen and oxygen atoms in total. The molecule has 0 spiro atoms. The second kappa shape index (κ2) is 7.84. The SMILES string of the molecule is CC(C)(C)OC(=O)NC1CCC(C(=O)N2CCc3ncc(C(F)(F)F)cc3C2)C1. The van der Waals surface area contributed by atoms with Crippen LogP contribution >= 0.6 is 0 Å². The Hall–Kier alpha value is -2.32. The maximum Gasteiger partial charge on any atom is 0.417 e. The van der Waals surface area contributed by atoms with E-state index in [0.717, 1.165) is 12.3 Å². The summed E-state index contributed by atoms with van der Waals surface area (Å²) in [5.74, 6) is -0.336. The highest BCUT2D eigenvalue weighted by atomic mass is 19.4. The number of fused-ring (bicyclic) bond motifs is 1. The minimum absolute atomic E-state index is 0.0819. The van der Waals surface area contributed by atoms with E-state index in [-0.39, 0.29) is 24.4 Å². The number of alkyl halides is 3. The van der Waals surface area contributed by atoms with Gasteiger partial charge in [0.25, 0.3) is 0 Å². The van der Waals surface area contributed by atoms with Crippen molar-refractivity contribution in [3.8, 4) is 0 Å². The highest BCUT2D eigenvalue weighted by Crippen LogP contribution is 2.33. The van der Waals surface area contributed by atoms with Crippen molar-refractivity contribution in [3.63, 3.8) is 0 Å². The number of pyridine rings is 1. The molecule has 0 aromatic carbocycles. The van der Waals surface area contributed by atoms with Crippen LogP contribution in [0.4, 0.5) is 18.0 Å². The summed E-state index contributed by atoms with van der Waals surface area (Å²) in [5.41, 5.74) is -0.339. The Morgan fingerprint density at radius 1 is 1.24 bits per heavy atom. The third kappa shape index (κ3) is 5.39. The molecule has 0 saturated heterocycles. The first kappa shape index (κ1) is 21.4. The summed E-state index contributed by atoms with van der Waals surface area (Å²) >= 11 is 0. The molecule has 2 aliphatic rings. The summed E-state index contributed by atoms with van der Waals surface area (Å²) in [6, 6.07) is 0.942. The van der Waals surface area contributed by atoms with Gasteiger partial charge in [-0.3, -0.25) is 9.78 Å². The number of ether oxygens (including phenoxy) is 1. The lowest BCUT2D eigenvalue weighted by Crippen LogP contribution is -2.41. The molecule has 1 aromatic rings. The van der Waals surface area contributed by atoms with Gasteiger partial charge in [0.15, 0.2) is 0 Å². The van der Waals surface area contributed by atoms with Crippen LogP contribution in [0.15, 0.2) is 12.3 Å². The molecule has 2 atom stereocenters. The molecule has 1 fully saturated rings. The Labute approximate surface area is 167 Å². The Balaban J connectivity index is 1.59. The van der Waals surface area contributed by atoms with Crippen LogP contribution in [0.2, 0.25) is 0 Å². The van der Waals surface area contributed by atoms with Crippen molar-refractivity contribution in [1.29, 1.82) is 0 Å². The van der Waals surface area contributed by atoms with Crippen molar-refractivity contribution in [2.45, 2.75) is 70.8 Å². The van der Waals surface area contributed by atoms with Crippen LogP contribution in [-0.4, -0.2) is 40.1 Å². The Kier molecular flexibility index (Phi) is 5.78. The molecule has 2 unspecified atom stereocenters. The Morgan fingerprint density at radius 2 is 1.97 bits per heavy atom. The monoisotopic (exact) mass is 413 g/mol. The van der Waals surface area contributed by atoms with Gasteiger partial charge in [-0.25, -0.2) is 4.79 Å². The van der Waals surface area contributed by atoms with Crippen molar-refractivity contribution in [1.82, 2.24) is 15.2 Å². The first-order chi connectivity index (χ1) is 13.4. The van der Waals surface area contributed by atoms with E-state index in [1.165, 1.54) is 0 Å².